The Morgan fingerprint density at radius 1 is 0.600 bits per heavy atom. The maximum Gasteiger partial charge on any atom is 0.159 e. The molecule has 0 bridgehead atoms. The standard InChI is InChI=1S/C13H32P2/c1-12(2,3)14(7,8)11-15(9,10)13(4,5)6/h11H2,1-10H3/q+2. The zero-order valence-electron chi connectivity index (χ0n) is 12.6. The molecule has 0 unspecified atom stereocenters. The first-order chi connectivity index (χ1) is 6.21. The zero-order valence-corrected chi connectivity index (χ0v) is 14.4. The Labute approximate surface area is 99.3 Å². The van der Waals surface area contributed by atoms with Gasteiger partial charge in [-0.25, -0.2) is 0 Å². The Morgan fingerprint density at radius 2 is 0.800 bits per heavy atom. The van der Waals surface area contributed by atoms with E-state index < -0.39 is 14.5 Å². The van der Waals surface area contributed by atoms with Crippen molar-refractivity contribution in [1.29, 1.82) is 0 Å². The van der Waals surface area contributed by atoms with Crippen molar-refractivity contribution in [3.05, 3.63) is 0 Å². The molecule has 0 aliphatic heterocycles. The third kappa shape index (κ3) is 3.98. The van der Waals surface area contributed by atoms with Gasteiger partial charge in [0.05, 0.1) is 51.5 Å². The topological polar surface area (TPSA) is 0 Å². The van der Waals surface area contributed by atoms with Crippen LogP contribution in [-0.2, 0) is 0 Å². The SMILES string of the molecule is CC(C)(C)[P+](C)(C)C[P+](C)(C)C(C)(C)C. The van der Waals surface area contributed by atoms with Crippen LogP contribution in [0.2, 0.25) is 0 Å². The molecule has 0 rings (SSSR count). The maximum absolute atomic E-state index is 2.54. The van der Waals surface area contributed by atoms with Crippen LogP contribution in [0.1, 0.15) is 41.5 Å². The van der Waals surface area contributed by atoms with Gasteiger partial charge in [0.1, 0.15) is 0 Å². The summed E-state index contributed by atoms with van der Waals surface area (Å²) in [6, 6.07) is 0. The molecule has 0 atom stereocenters. The highest BCUT2D eigenvalue weighted by Crippen LogP contribution is 2.77. The lowest BCUT2D eigenvalue weighted by Gasteiger charge is -2.39. The molecular weight excluding hydrogens is 218 g/mol. The lowest BCUT2D eigenvalue weighted by Crippen LogP contribution is -2.27. The van der Waals surface area contributed by atoms with Crippen LogP contribution in [0.4, 0.5) is 0 Å². The summed E-state index contributed by atoms with van der Waals surface area (Å²) in [5.74, 6) is 1.49. The Balaban J connectivity index is 4.89. The van der Waals surface area contributed by atoms with Gasteiger partial charge in [0, 0.05) is 0 Å². The molecule has 15 heavy (non-hydrogen) atoms. The highest BCUT2D eigenvalue weighted by Gasteiger charge is 2.52. The fraction of sp³-hybridized carbons (Fsp3) is 1.00. The molecule has 0 N–H and O–H groups in total. The summed E-state index contributed by atoms with van der Waals surface area (Å²) < 4.78 is 0. The van der Waals surface area contributed by atoms with Crippen molar-refractivity contribution in [2.45, 2.75) is 51.9 Å². The molecule has 0 amide bonds. The maximum atomic E-state index is 2.54. The Hall–Kier alpha value is 0.860. The van der Waals surface area contributed by atoms with Crippen molar-refractivity contribution < 1.29 is 0 Å². The monoisotopic (exact) mass is 250 g/mol. The highest BCUT2D eigenvalue weighted by atomic mass is 31.2. The fourth-order valence-corrected chi connectivity index (χ4v) is 11.8. The van der Waals surface area contributed by atoms with Crippen LogP contribution in [0.5, 0.6) is 0 Å². The van der Waals surface area contributed by atoms with Gasteiger partial charge in [-0.2, -0.15) is 0 Å². The fourth-order valence-electron chi connectivity index (χ4n) is 1.31. The Morgan fingerprint density at radius 3 is 0.933 bits per heavy atom. The number of hydrogen-bond donors (Lipinski definition) is 0. The van der Waals surface area contributed by atoms with E-state index in [4.69, 9.17) is 0 Å². The van der Waals surface area contributed by atoms with Crippen molar-refractivity contribution in [2.75, 3.05) is 32.6 Å². The first-order valence-electron chi connectivity index (χ1n) is 5.87. The van der Waals surface area contributed by atoms with E-state index in [1.807, 2.05) is 0 Å². The second kappa shape index (κ2) is 4.27. The summed E-state index contributed by atoms with van der Waals surface area (Å²) in [4.78, 5) is 0. The predicted molar refractivity (Wildman–Crippen MR) is 81.9 cm³/mol. The molecule has 0 fully saturated rings. The average Bonchev–Trinajstić information content (AvgIpc) is 1.77. The van der Waals surface area contributed by atoms with E-state index in [-0.39, 0.29) is 0 Å². The Kier molecular flexibility index (Phi) is 4.51. The molecule has 0 aromatic carbocycles. The minimum atomic E-state index is -0.795. The molecule has 0 saturated carbocycles. The summed E-state index contributed by atoms with van der Waals surface area (Å²) in [7, 11) is -1.59. The second-order valence-corrected chi connectivity index (χ2v) is 18.4. The lowest BCUT2D eigenvalue weighted by atomic mass is 10.3. The van der Waals surface area contributed by atoms with Gasteiger partial charge in [-0.3, -0.25) is 0 Å². The van der Waals surface area contributed by atoms with Gasteiger partial charge in [0.25, 0.3) is 0 Å². The molecule has 0 spiro atoms. The van der Waals surface area contributed by atoms with Gasteiger partial charge in [-0.1, -0.05) is 0 Å². The van der Waals surface area contributed by atoms with Crippen molar-refractivity contribution in [3.8, 4) is 0 Å². The molecule has 0 aliphatic rings. The van der Waals surface area contributed by atoms with Crippen LogP contribution < -0.4 is 0 Å². The van der Waals surface area contributed by atoms with Gasteiger partial charge in [-0.05, 0) is 41.5 Å². The molecule has 0 aromatic rings. The van der Waals surface area contributed by atoms with E-state index in [2.05, 4.69) is 68.2 Å². The molecular formula is C13H32P2+2. The number of rotatable bonds is 2. The molecule has 0 saturated heterocycles. The van der Waals surface area contributed by atoms with Gasteiger partial charge in [-0.15, -0.1) is 0 Å². The van der Waals surface area contributed by atoms with Crippen molar-refractivity contribution in [3.63, 3.8) is 0 Å². The average molecular weight is 250 g/mol. The van der Waals surface area contributed by atoms with Crippen LogP contribution in [-0.4, -0.2) is 42.9 Å². The van der Waals surface area contributed by atoms with E-state index in [1.165, 1.54) is 5.90 Å². The molecule has 0 radical (unpaired) electrons. The third-order valence-corrected chi connectivity index (χ3v) is 17.3. The smallest absolute Gasteiger partial charge is 0.0258 e. The first-order valence-corrected chi connectivity index (χ1v) is 11.6. The molecule has 0 aliphatic carbocycles. The van der Waals surface area contributed by atoms with Gasteiger partial charge >= 0.3 is 0 Å². The summed E-state index contributed by atoms with van der Waals surface area (Å²) >= 11 is 0. The lowest BCUT2D eigenvalue weighted by molar-refractivity contribution is 0.766. The molecule has 2 heteroatoms. The minimum absolute atomic E-state index is 0.509. The van der Waals surface area contributed by atoms with E-state index in [0.717, 1.165) is 0 Å². The molecule has 92 valence electrons. The van der Waals surface area contributed by atoms with Crippen LogP contribution >= 0.6 is 14.5 Å². The van der Waals surface area contributed by atoms with E-state index in [9.17, 15) is 0 Å². The zero-order chi connectivity index (χ0) is 12.7. The van der Waals surface area contributed by atoms with Gasteiger partial charge in [0.2, 0.25) is 0 Å². The second-order valence-electron chi connectivity index (χ2n) is 7.85. The summed E-state index contributed by atoms with van der Waals surface area (Å²) in [5, 5.41) is 1.02. The highest BCUT2D eigenvalue weighted by molar-refractivity contribution is 7.92. The minimum Gasteiger partial charge on any atom is -0.0258 e. The molecule has 0 nitrogen and oxygen atoms in total. The van der Waals surface area contributed by atoms with E-state index in [1.54, 1.807) is 0 Å². The van der Waals surface area contributed by atoms with Crippen molar-refractivity contribution >= 4 is 14.5 Å². The third-order valence-electron chi connectivity index (χ3n) is 4.34. The predicted octanol–water partition coefficient (Wildman–Crippen LogP) is 5.10. The summed E-state index contributed by atoms with van der Waals surface area (Å²) in [5.41, 5.74) is 0. The van der Waals surface area contributed by atoms with Crippen LogP contribution in [0.15, 0.2) is 0 Å². The largest absolute Gasteiger partial charge is 0.159 e. The molecule has 0 heterocycles. The normalized spacial score (nSPS) is 15.6. The van der Waals surface area contributed by atoms with Crippen LogP contribution in [0.3, 0.4) is 0 Å². The Bertz CT molecular complexity index is 190. The number of hydrogen-bond acceptors (Lipinski definition) is 0. The van der Waals surface area contributed by atoms with E-state index in [0.29, 0.717) is 10.3 Å². The summed E-state index contributed by atoms with van der Waals surface area (Å²) in [6.07, 6.45) is 0. The van der Waals surface area contributed by atoms with Gasteiger partial charge in [0.15, 0.2) is 5.90 Å². The first kappa shape index (κ1) is 15.9. The van der Waals surface area contributed by atoms with Gasteiger partial charge < -0.3 is 0 Å². The summed E-state index contributed by atoms with van der Waals surface area (Å²) in [6.45, 7) is 24.7. The van der Waals surface area contributed by atoms with Crippen molar-refractivity contribution in [2.24, 2.45) is 0 Å². The van der Waals surface area contributed by atoms with E-state index >= 15 is 0 Å². The quantitative estimate of drug-likeness (QED) is 0.598. The van der Waals surface area contributed by atoms with Crippen LogP contribution in [0.25, 0.3) is 0 Å². The molecule has 0 aromatic heterocycles. The van der Waals surface area contributed by atoms with Crippen LogP contribution in [0, 0.1) is 0 Å². The van der Waals surface area contributed by atoms with Crippen molar-refractivity contribution in [1.82, 2.24) is 0 Å².